The molecule has 2 aromatic heterocycles. The number of thioether (sulfide) groups is 2. The Bertz CT molecular complexity index is 1140. The molecule has 0 bridgehead atoms. The molecule has 4 aromatic rings. The second-order valence-electron chi connectivity index (χ2n) is 6.91. The van der Waals surface area contributed by atoms with Crippen molar-refractivity contribution in [3.63, 3.8) is 0 Å². The second kappa shape index (κ2) is 11.3. The van der Waals surface area contributed by atoms with Crippen molar-refractivity contribution in [1.29, 1.82) is 0 Å². The fraction of sp³-hybridized carbons (Fsp3) is 0.217. The van der Waals surface area contributed by atoms with Crippen molar-refractivity contribution >= 4 is 40.8 Å². The molecular formula is C23H23N5OS3. The number of aromatic nitrogens is 4. The zero-order chi connectivity index (χ0) is 22.2. The number of para-hydroxylation sites is 1. The lowest BCUT2D eigenvalue weighted by atomic mass is 10.1. The van der Waals surface area contributed by atoms with Crippen LogP contribution >= 0.6 is 34.9 Å². The molecule has 0 aliphatic rings. The molecule has 0 aliphatic heterocycles. The van der Waals surface area contributed by atoms with E-state index in [-0.39, 0.29) is 5.91 Å². The lowest BCUT2D eigenvalue weighted by Crippen LogP contribution is -2.25. The second-order valence-corrected chi connectivity index (χ2v) is 10.3. The highest BCUT2D eigenvalue weighted by Gasteiger charge is 2.14. The minimum Gasteiger partial charge on any atom is -0.355 e. The molecule has 2 heterocycles. The fourth-order valence-corrected chi connectivity index (χ4v) is 5.78. The van der Waals surface area contributed by atoms with E-state index >= 15 is 0 Å². The van der Waals surface area contributed by atoms with E-state index < -0.39 is 0 Å². The van der Waals surface area contributed by atoms with E-state index in [4.69, 9.17) is 5.10 Å². The molecule has 0 spiro atoms. The molecule has 32 heavy (non-hydrogen) atoms. The van der Waals surface area contributed by atoms with Crippen molar-refractivity contribution in [3.05, 3.63) is 72.4 Å². The van der Waals surface area contributed by atoms with E-state index in [1.165, 1.54) is 23.1 Å². The van der Waals surface area contributed by atoms with Gasteiger partial charge in [0.25, 0.3) is 0 Å². The molecule has 0 radical (unpaired) electrons. The van der Waals surface area contributed by atoms with Gasteiger partial charge >= 0.3 is 0 Å². The van der Waals surface area contributed by atoms with Gasteiger partial charge in [0.2, 0.25) is 5.91 Å². The van der Waals surface area contributed by atoms with Gasteiger partial charge in [-0.1, -0.05) is 90.3 Å². The molecule has 6 nitrogen and oxygen atoms in total. The van der Waals surface area contributed by atoms with Gasteiger partial charge in [-0.25, -0.2) is 4.68 Å². The highest BCUT2D eigenvalue weighted by atomic mass is 32.2. The van der Waals surface area contributed by atoms with Crippen LogP contribution in [0.1, 0.15) is 18.9 Å². The normalized spacial score (nSPS) is 10.9. The molecule has 0 unspecified atom stereocenters. The van der Waals surface area contributed by atoms with Crippen molar-refractivity contribution in [3.8, 4) is 16.9 Å². The third-order valence-electron chi connectivity index (χ3n) is 4.50. The van der Waals surface area contributed by atoms with Crippen molar-refractivity contribution < 1.29 is 4.79 Å². The first-order valence-corrected chi connectivity index (χ1v) is 13.1. The van der Waals surface area contributed by atoms with Crippen LogP contribution in [0, 0.1) is 0 Å². The van der Waals surface area contributed by atoms with Gasteiger partial charge in [-0.2, -0.15) is 5.10 Å². The molecule has 0 fully saturated rings. The number of rotatable bonds is 10. The standard InChI is InChI=1S/C23H23N5OS3/c1-2-13-24-20(29)16-31-23-26-25-22(32-23)30-15-18-14-28(19-11-7-4-8-12-19)27-21(18)17-9-5-3-6-10-17/h3-12,14H,2,13,15-16H2,1H3,(H,24,29). The van der Waals surface area contributed by atoms with Gasteiger partial charge in [-0.15, -0.1) is 10.2 Å². The number of nitrogens with one attached hydrogen (secondary N) is 1. The van der Waals surface area contributed by atoms with Crippen LogP contribution in [0.2, 0.25) is 0 Å². The smallest absolute Gasteiger partial charge is 0.230 e. The molecule has 0 aliphatic carbocycles. The minimum atomic E-state index is 0.0297. The van der Waals surface area contributed by atoms with Gasteiger partial charge in [-0.3, -0.25) is 4.79 Å². The van der Waals surface area contributed by atoms with Gasteiger partial charge in [0.1, 0.15) is 0 Å². The Hall–Kier alpha value is -2.62. The van der Waals surface area contributed by atoms with Crippen molar-refractivity contribution in [2.45, 2.75) is 27.8 Å². The Morgan fingerprint density at radius 2 is 1.69 bits per heavy atom. The Labute approximate surface area is 199 Å². The number of hydrogen-bond donors (Lipinski definition) is 1. The summed E-state index contributed by atoms with van der Waals surface area (Å²) in [5, 5.41) is 16.3. The molecule has 2 aromatic carbocycles. The molecule has 0 saturated heterocycles. The first-order chi connectivity index (χ1) is 15.7. The Morgan fingerprint density at radius 3 is 2.41 bits per heavy atom. The summed E-state index contributed by atoms with van der Waals surface area (Å²) in [6.07, 6.45) is 3.02. The summed E-state index contributed by atoms with van der Waals surface area (Å²) in [4.78, 5) is 11.8. The highest BCUT2D eigenvalue weighted by Crippen LogP contribution is 2.33. The molecular weight excluding hydrogens is 458 g/mol. The molecule has 0 atom stereocenters. The Morgan fingerprint density at radius 1 is 1.00 bits per heavy atom. The monoisotopic (exact) mass is 481 g/mol. The van der Waals surface area contributed by atoms with Gasteiger partial charge in [0.15, 0.2) is 8.68 Å². The SMILES string of the molecule is CCCNC(=O)CSc1nnc(SCc2cn(-c3ccccc3)nc2-c2ccccc2)s1. The first-order valence-electron chi connectivity index (χ1n) is 10.3. The summed E-state index contributed by atoms with van der Waals surface area (Å²) in [5.41, 5.74) is 4.21. The predicted octanol–water partition coefficient (Wildman–Crippen LogP) is 5.30. The van der Waals surface area contributed by atoms with E-state index in [9.17, 15) is 4.79 Å². The fourth-order valence-electron chi connectivity index (χ4n) is 2.96. The van der Waals surface area contributed by atoms with Crippen LogP contribution in [0.25, 0.3) is 16.9 Å². The van der Waals surface area contributed by atoms with Gasteiger partial charge in [-0.05, 0) is 18.6 Å². The lowest BCUT2D eigenvalue weighted by Gasteiger charge is -2.01. The van der Waals surface area contributed by atoms with E-state index in [2.05, 4.69) is 33.8 Å². The number of carbonyl (C=O) groups is 1. The summed E-state index contributed by atoms with van der Waals surface area (Å²) in [5.74, 6) is 1.12. The Balaban J connectivity index is 1.45. The van der Waals surface area contributed by atoms with Crippen molar-refractivity contribution in [2.24, 2.45) is 0 Å². The van der Waals surface area contributed by atoms with Gasteiger partial charge < -0.3 is 5.32 Å². The first kappa shape index (κ1) is 22.6. The summed E-state index contributed by atoms with van der Waals surface area (Å²) in [7, 11) is 0. The average Bonchev–Trinajstić information content (AvgIpc) is 3.48. The third kappa shape index (κ3) is 5.99. The molecule has 1 N–H and O–H groups in total. The van der Waals surface area contributed by atoms with E-state index in [0.29, 0.717) is 12.3 Å². The van der Waals surface area contributed by atoms with Crippen LogP contribution in [0.15, 0.2) is 75.5 Å². The largest absolute Gasteiger partial charge is 0.355 e. The van der Waals surface area contributed by atoms with Gasteiger partial charge in [0, 0.05) is 29.6 Å². The third-order valence-corrected chi connectivity index (χ3v) is 7.73. The maximum absolute atomic E-state index is 11.8. The maximum Gasteiger partial charge on any atom is 0.230 e. The number of carbonyl (C=O) groups excluding carboxylic acids is 1. The molecule has 164 valence electrons. The van der Waals surface area contributed by atoms with E-state index in [1.54, 1.807) is 11.8 Å². The molecule has 0 saturated carbocycles. The number of hydrogen-bond acceptors (Lipinski definition) is 7. The van der Waals surface area contributed by atoms with E-state index in [1.807, 2.05) is 60.1 Å². The molecule has 9 heteroatoms. The number of amides is 1. The van der Waals surface area contributed by atoms with Crippen LogP contribution < -0.4 is 5.32 Å². The zero-order valence-electron chi connectivity index (χ0n) is 17.6. The summed E-state index contributed by atoms with van der Waals surface area (Å²) in [6.45, 7) is 2.74. The topological polar surface area (TPSA) is 72.7 Å². The van der Waals surface area contributed by atoms with E-state index in [0.717, 1.165) is 43.4 Å². The van der Waals surface area contributed by atoms with Crippen LogP contribution in [0.4, 0.5) is 0 Å². The van der Waals surface area contributed by atoms with Gasteiger partial charge in [0.05, 0.1) is 17.1 Å². The highest BCUT2D eigenvalue weighted by molar-refractivity contribution is 8.03. The summed E-state index contributed by atoms with van der Waals surface area (Å²) >= 11 is 4.58. The van der Waals surface area contributed by atoms with Crippen molar-refractivity contribution in [2.75, 3.05) is 12.3 Å². The minimum absolute atomic E-state index is 0.0297. The van der Waals surface area contributed by atoms with Crippen LogP contribution in [0.3, 0.4) is 0 Å². The number of benzene rings is 2. The summed E-state index contributed by atoms with van der Waals surface area (Å²) < 4.78 is 3.62. The molecule has 4 rings (SSSR count). The predicted molar refractivity (Wildman–Crippen MR) is 132 cm³/mol. The zero-order valence-corrected chi connectivity index (χ0v) is 20.1. The number of nitrogens with zero attached hydrogens (tertiary/aromatic N) is 4. The molecule has 1 amide bonds. The Kier molecular flexibility index (Phi) is 7.97. The average molecular weight is 482 g/mol. The van der Waals surface area contributed by atoms with Crippen LogP contribution in [0.5, 0.6) is 0 Å². The lowest BCUT2D eigenvalue weighted by molar-refractivity contribution is -0.118. The van der Waals surface area contributed by atoms with Crippen molar-refractivity contribution in [1.82, 2.24) is 25.3 Å². The maximum atomic E-state index is 11.8. The quantitative estimate of drug-likeness (QED) is 0.310. The van der Waals surface area contributed by atoms with Crippen LogP contribution in [-0.4, -0.2) is 38.2 Å². The summed E-state index contributed by atoms with van der Waals surface area (Å²) in [6, 6.07) is 20.3. The van der Waals surface area contributed by atoms with Crippen LogP contribution in [-0.2, 0) is 10.5 Å².